The molecule has 7 nitrogen and oxygen atoms in total. The number of nitrogens with zero attached hydrogens (tertiary/aromatic N) is 3. The topological polar surface area (TPSA) is 83.1 Å². The second kappa shape index (κ2) is 7.59. The molecule has 1 aliphatic carbocycles. The zero-order chi connectivity index (χ0) is 18.7. The number of carbonyl (C=O) groups excluding carboxylic acids is 1. The highest BCUT2D eigenvalue weighted by Gasteiger charge is 2.27. The van der Waals surface area contributed by atoms with Gasteiger partial charge in [0.2, 0.25) is 0 Å². The largest absolute Gasteiger partial charge is 0.344 e. The van der Waals surface area contributed by atoms with Crippen molar-refractivity contribution >= 4 is 18.1 Å². The molecule has 3 rings (SSSR count). The SMILES string of the molecule is C=C(CC1C=CC=CC1)Nc1c(C=N)n(C(=O)N2CCCC2)c(=O)n1C. The molecule has 1 aromatic rings. The highest BCUT2D eigenvalue weighted by molar-refractivity contribution is 5.90. The van der Waals surface area contributed by atoms with Gasteiger partial charge in [0, 0.05) is 32.0 Å². The van der Waals surface area contributed by atoms with Crippen LogP contribution in [0.5, 0.6) is 0 Å². The van der Waals surface area contributed by atoms with E-state index in [-0.39, 0.29) is 11.7 Å². The van der Waals surface area contributed by atoms with Crippen LogP contribution in [0.15, 0.2) is 41.4 Å². The fourth-order valence-corrected chi connectivity index (χ4v) is 3.46. The number of hydrogen-bond donors (Lipinski definition) is 2. The quantitative estimate of drug-likeness (QED) is 0.797. The van der Waals surface area contributed by atoms with Crippen LogP contribution in [0, 0.1) is 11.3 Å². The van der Waals surface area contributed by atoms with Gasteiger partial charge in [-0.05, 0) is 31.6 Å². The molecule has 0 radical (unpaired) electrons. The Kier molecular flexibility index (Phi) is 5.25. The Balaban J connectivity index is 1.84. The van der Waals surface area contributed by atoms with Crippen LogP contribution in [0.2, 0.25) is 0 Å². The summed E-state index contributed by atoms with van der Waals surface area (Å²) in [5.41, 5.74) is 0.560. The lowest BCUT2D eigenvalue weighted by atomic mass is 9.96. The molecule has 1 fully saturated rings. The van der Waals surface area contributed by atoms with E-state index in [9.17, 15) is 9.59 Å². The third-order valence-corrected chi connectivity index (χ3v) is 4.87. The molecule has 1 atom stereocenters. The first-order valence-electron chi connectivity index (χ1n) is 8.92. The molecule has 26 heavy (non-hydrogen) atoms. The molecular weight excluding hydrogens is 330 g/mol. The van der Waals surface area contributed by atoms with Crippen molar-refractivity contribution in [3.8, 4) is 0 Å². The maximum Gasteiger partial charge on any atom is 0.338 e. The van der Waals surface area contributed by atoms with E-state index in [0.717, 1.165) is 42.2 Å². The van der Waals surface area contributed by atoms with E-state index >= 15 is 0 Å². The molecule has 2 aliphatic rings. The standard InChI is InChI=1S/C19H25N5O2/c1-14(12-15-8-4-3-5-9-15)21-17-16(13-20)24(18(25)22(17)2)19(26)23-10-6-7-11-23/h3-5,8,13,15,20-21H,1,6-7,9-12H2,2H3. The second-order valence-corrected chi connectivity index (χ2v) is 6.77. The first kappa shape index (κ1) is 18.0. The predicted octanol–water partition coefficient (Wildman–Crippen LogP) is 2.70. The molecule has 1 aliphatic heterocycles. The van der Waals surface area contributed by atoms with Crippen molar-refractivity contribution < 1.29 is 4.79 Å². The lowest BCUT2D eigenvalue weighted by Gasteiger charge is -2.17. The Labute approximate surface area is 152 Å². The Hall–Kier alpha value is -2.83. The molecule has 1 saturated heterocycles. The molecule has 0 aromatic carbocycles. The smallest absolute Gasteiger partial charge is 0.338 e. The summed E-state index contributed by atoms with van der Waals surface area (Å²) in [7, 11) is 1.60. The van der Waals surface area contributed by atoms with Gasteiger partial charge in [0.25, 0.3) is 0 Å². The van der Waals surface area contributed by atoms with Crippen LogP contribution in [-0.2, 0) is 7.05 Å². The molecule has 2 heterocycles. The number of hydrogen-bond acceptors (Lipinski definition) is 4. The molecule has 7 heteroatoms. The number of allylic oxidation sites excluding steroid dienone is 5. The summed E-state index contributed by atoms with van der Waals surface area (Å²) in [6, 6.07) is -0.361. The Morgan fingerprint density at radius 3 is 2.73 bits per heavy atom. The maximum atomic E-state index is 12.7. The normalized spacial score (nSPS) is 19.0. The van der Waals surface area contributed by atoms with Crippen molar-refractivity contribution in [1.82, 2.24) is 14.0 Å². The first-order chi connectivity index (χ1) is 12.5. The van der Waals surface area contributed by atoms with Gasteiger partial charge < -0.3 is 15.6 Å². The van der Waals surface area contributed by atoms with Gasteiger partial charge in [-0.15, -0.1) is 0 Å². The highest BCUT2D eigenvalue weighted by atomic mass is 16.2. The number of aromatic nitrogens is 2. The summed E-state index contributed by atoms with van der Waals surface area (Å²) < 4.78 is 2.45. The zero-order valence-corrected chi connectivity index (χ0v) is 15.1. The monoisotopic (exact) mass is 355 g/mol. The van der Waals surface area contributed by atoms with E-state index in [1.54, 1.807) is 11.9 Å². The van der Waals surface area contributed by atoms with E-state index in [2.05, 4.69) is 24.0 Å². The molecule has 1 unspecified atom stereocenters. The Morgan fingerprint density at radius 1 is 1.38 bits per heavy atom. The number of imidazole rings is 1. The molecule has 2 N–H and O–H groups in total. The summed E-state index contributed by atoms with van der Waals surface area (Å²) in [6.45, 7) is 5.35. The predicted molar refractivity (Wildman–Crippen MR) is 103 cm³/mol. The van der Waals surface area contributed by atoms with E-state index in [1.165, 1.54) is 4.57 Å². The molecular formula is C19H25N5O2. The van der Waals surface area contributed by atoms with Crippen LogP contribution in [0.4, 0.5) is 10.6 Å². The van der Waals surface area contributed by atoms with Gasteiger partial charge >= 0.3 is 11.7 Å². The molecule has 0 bridgehead atoms. The Bertz CT molecular complexity index is 837. The number of rotatable bonds is 5. The number of nitrogens with one attached hydrogen (secondary N) is 2. The van der Waals surface area contributed by atoms with Crippen LogP contribution in [0.3, 0.4) is 0 Å². The summed E-state index contributed by atoms with van der Waals surface area (Å²) in [4.78, 5) is 27.0. The molecule has 0 spiro atoms. The minimum absolute atomic E-state index is 0.259. The minimum atomic E-state index is -0.448. The van der Waals surface area contributed by atoms with Crippen LogP contribution in [-0.4, -0.2) is 39.4 Å². The molecule has 1 aromatic heterocycles. The number of amides is 1. The fourth-order valence-electron chi connectivity index (χ4n) is 3.46. The molecule has 138 valence electrons. The van der Waals surface area contributed by atoms with Crippen LogP contribution in [0.25, 0.3) is 0 Å². The zero-order valence-electron chi connectivity index (χ0n) is 15.1. The number of carbonyl (C=O) groups is 1. The van der Waals surface area contributed by atoms with Gasteiger partial charge in [0.05, 0.1) is 0 Å². The van der Waals surface area contributed by atoms with Crippen molar-refractivity contribution in [2.24, 2.45) is 13.0 Å². The summed E-state index contributed by atoms with van der Waals surface area (Å²) in [5, 5.41) is 10.9. The van der Waals surface area contributed by atoms with Crippen molar-refractivity contribution in [3.63, 3.8) is 0 Å². The van der Waals surface area contributed by atoms with E-state index in [0.29, 0.717) is 24.8 Å². The number of anilines is 1. The van der Waals surface area contributed by atoms with E-state index in [4.69, 9.17) is 5.41 Å². The van der Waals surface area contributed by atoms with E-state index < -0.39 is 5.69 Å². The van der Waals surface area contributed by atoms with Gasteiger partial charge in [-0.3, -0.25) is 4.57 Å². The minimum Gasteiger partial charge on any atom is -0.344 e. The summed E-state index contributed by atoms with van der Waals surface area (Å²) >= 11 is 0. The van der Waals surface area contributed by atoms with E-state index in [1.807, 2.05) is 12.2 Å². The second-order valence-electron chi connectivity index (χ2n) is 6.77. The fraction of sp³-hybridized carbons (Fsp3) is 0.421. The van der Waals surface area contributed by atoms with Crippen molar-refractivity contribution in [2.75, 3.05) is 18.4 Å². The average molecular weight is 355 g/mol. The van der Waals surface area contributed by atoms with Gasteiger partial charge in [0.15, 0.2) is 0 Å². The third kappa shape index (κ3) is 3.42. The summed E-state index contributed by atoms with van der Waals surface area (Å²) in [5.74, 6) is 0.784. The lowest BCUT2D eigenvalue weighted by Crippen LogP contribution is -2.39. The average Bonchev–Trinajstić information content (AvgIpc) is 3.25. The molecule has 0 saturated carbocycles. The van der Waals surface area contributed by atoms with Crippen LogP contribution >= 0.6 is 0 Å². The van der Waals surface area contributed by atoms with Crippen molar-refractivity contribution in [3.05, 3.63) is 52.8 Å². The third-order valence-electron chi connectivity index (χ3n) is 4.87. The number of likely N-dealkylation sites (tertiary alicyclic amines) is 1. The van der Waals surface area contributed by atoms with Gasteiger partial charge in [-0.1, -0.05) is 30.9 Å². The highest BCUT2D eigenvalue weighted by Crippen LogP contribution is 2.22. The van der Waals surface area contributed by atoms with Crippen LogP contribution in [0.1, 0.15) is 31.4 Å². The Morgan fingerprint density at radius 2 is 2.12 bits per heavy atom. The maximum absolute atomic E-state index is 12.7. The van der Waals surface area contributed by atoms with Gasteiger partial charge in [-0.25, -0.2) is 14.2 Å². The molecule has 1 amide bonds. The summed E-state index contributed by atoms with van der Waals surface area (Å²) in [6.07, 6.45) is 12.9. The van der Waals surface area contributed by atoms with Gasteiger partial charge in [-0.2, -0.15) is 0 Å². The first-order valence-corrected chi connectivity index (χ1v) is 8.92. The van der Waals surface area contributed by atoms with Crippen LogP contribution < -0.4 is 11.0 Å². The van der Waals surface area contributed by atoms with Crippen molar-refractivity contribution in [1.29, 1.82) is 5.41 Å². The van der Waals surface area contributed by atoms with Crippen molar-refractivity contribution in [2.45, 2.75) is 25.7 Å². The van der Waals surface area contributed by atoms with Gasteiger partial charge in [0.1, 0.15) is 11.5 Å². The lowest BCUT2D eigenvalue weighted by molar-refractivity contribution is 0.209.